The fourth-order valence-electron chi connectivity index (χ4n) is 2.54. The highest BCUT2D eigenvalue weighted by Crippen LogP contribution is 2.37. The molecule has 1 atom stereocenters. The summed E-state index contributed by atoms with van der Waals surface area (Å²) >= 11 is 3.37. The average Bonchev–Trinajstić information content (AvgIpc) is 2.70. The number of likely N-dealkylation sites (N-methyl/N-ethyl adjacent to an activating group) is 1. The molecule has 118 valence electrons. The number of aliphatic hydroxyl groups excluding tert-OH is 1. The Bertz CT molecular complexity index is 623. The average molecular weight is 367 g/mol. The quantitative estimate of drug-likeness (QED) is 0.868. The number of hydrogen-bond donors (Lipinski definition) is 1. The second-order valence-electron chi connectivity index (χ2n) is 5.57. The summed E-state index contributed by atoms with van der Waals surface area (Å²) in [6.45, 7) is 2.46. The van der Waals surface area contributed by atoms with E-state index < -0.39 is 17.7 Å². The third-order valence-corrected chi connectivity index (χ3v) is 4.19. The molecule has 0 bridgehead atoms. The van der Waals surface area contributed by atoms with Crippen molar-refractivity contribution >= 4 is 27.6 Å². The lowest BCUT2D eigenvalue weighted by Gasteiger charge is -2.27. The Hall–Kier alpha value is -1.66. The van der Waals surface area contributed by atoms with Crippen molar-refractivity contribution in [3.8, 4) is 0 Å². The highest BCUT2D eigenvalue weighted by Gasteiger charge is 2.41. The fourth-order valence-corrected chi connectivity index (χ4v) is 2.81. The van der Waals surface area contributed by atoms with Gasteiger partial charge in [-0.25, -0.2) is 0 Å². The van der Waals surface area contributed by atoms with Crippen LogP contribution in [0, 0.1) is 0 Å². The molecule has 6 heteroatoms. The van der Waals surface area contributed by atoms with E-state index in [-0.39, 0.29) is 11.4 Å². The summed E-state index contributed by atoms with van der Waals surface area (Å²) in [6.07, 6.45) is 0. The number of aliphatic hydroxyl groups is 1. The Balaban J connectivity index is 2.43. The first-order valence-electron chi connectivity index (χ1n) is 6.98. The zero-order valence-electron chi connectivity index (χ0n) is 12.8. The summed E-state index contributed by atoms with van der Waals surface area (Å²) in [4.78, 5) is 27.7. The number of carbonyl (C=O) groups excluding carboxylic acids is 2. The van der Waals surface area contributed by atoms with Crippen LogP contribution in [-0.4, -0.2) is 53.8 Å². The molecule has 1 amide bonds. The van der Waals surface area contributed by atoms with Gasteiger partial charge in [0, 0.05) is 17.6 Å². The minimum absolute atomic E-state index is 0.172. The number of hydrogen-bond acceptors (Lipinski definition) is 4. The third kappa shape index (κ3) is 3.23. The van der Waals surface area contributed by atoms with Crippen LogP contribution >= 0.6 is 15.9 Å². The van der Waals surface area contributed by atoms with E-state index in [0.717, 1.165) is 10.0 Å². The van der Waals surface area contributed by atoms with E-state index >= 15 is 0 Å². The summed E-state index contributed by atoms with van der Waals surface area (Å²) in [6, 6.07) is 6.89. The molecule has 1 aromatic rings. The molecule has 1 N–H and O–H groups in total. The number of nitrogens with zero attached hydrogens (tertiary/aromatic N) is 2. The maximum absolute atomic E-state index is 12.3. The van der Waals surface area contributed by atoms with Gasteiger partial charge < -0.3 is 14.9 Å². The van der Waals surface area contributed by atoms with E-state index in [4.69, 9.17) is 0 Å². The van der Waals surface area contributed by atoms with Crippen LogP contribution in [0.5, 0.6) is 0 Å². The van der Waals surface area contributed by atoms with Gasteiger partial charge in [-0.15, -0.1) is 0 Å². The second-order valence-corrected chi connectivity index (χ2v) is 6.49. The molecule has 0 fully saturated rings. The van der Waals surface area contributed by atoms with Gasteiger partial charge in [-0.3, -0.25) is 9.59 Å². The highest BCUT2D eigenvalue weighted by molar-refractivity contribution is 9.10. The molecular weight excluding hydrogens is 348 g/mol. The second kappa shape index (κ2) is 6.62. The highest BCUT2D eigenvalue weighted by atomic mass is 79.9. The molecule has 0 saturated carbocycles. The predicted molar refractivity (Wildman–Crippen MR) is 87.5 cm³/mol. The molecule has 5 nitrogen and oxygen atoms in total. The molecular formula is C16H19BrN2O3. The van der Waals surface area contributed by atoms with E-state index in [9.17, 15) is 14.7 Å². The molecule has 1 aliphatic heterocycles. The Kier molecular flexibility index (Phi) is 5.03. The molecule has 0 saturated heterocycles. The van der Waals surface area contributed by atoms with Crippen molar-refractivity contribution < 1.29 is 14.7 Å². The van der Waals surface area contributed by atoms with Crippen LogP contribution in [0.4, 0.5) is 0 Å². The monoisotopic (exact) mass is 366 g/mol. The van der Waals surface area contributed by atoms with Crippen molar-refractivity contribution in [1.29, 1.82) is 0 Å². The molecule has 0 spiro atoms. The van der Waals surface area contributed by atoms with Crippen molar-refractivity contribution in [2.24, 2.45) is 0 Å². The topological polar surface area (TPSA) is 60.9 Å². The lowest BCUT2D eigenvalue weighted by Crippen LogP contribution is -2.36. The zero-order chi connectivity index (χ0) is 16.4. The minimum atomic E-state index is -0.530. The summed E-state index contributed by atoms with van der Waals surface area (Å²) in [5.74, 6) is -1.20. The number of carbonyl (C=O) groups is 2. The van der Waals surface area contributed by atoms with Crippen LogP contribution in [0.1, 0.15) is 18.5 Å². The van der Waals surface area contributed by atoms with Gasteiger partial charge in [0.25, 0.3) is 5.91 Å². The summed E-state index contributed by atoms with van der Waals surface area (Å²) in [5.41, 5.74) is 0.982. The Morgan fingerprint density at radius 3 is 2.41 bits per heavy atom. The number of ketones is 1. The van der Waals surface area contributed by atoms with Crippen molar-refractivity contribution in [3.63, 3.8) is 0 Å². The molecule has 22 heavy (non-hydrogen) atoms. The van der Waals surface area contributed by atoms with Gasteiger partial charge in [-0.1, -0.05) is 28.1 Å². The van der Waals surface area contributed by atoms with Crippen molar-refractivity contribution in [2.75, 3.05) is 27.2 Å². The van der Waals surface area contributed by atoms with E-state index in [1.807, 2.05) is 43.3 Å². The van der Waals surface area contributed by atoms with E-state index in [1.54, 1.807) is 4.90 Å². The molecule has 0 unspecified atom stereocenters. The number of Topliss-reactive ketones (excluding diaryl/α,β-unsaturated/α-hetero) is 1. The van der Waals surface area contributed by atoms with Crippen molar-refractivity contribution in [1.82, 2.24) is 9.80 Å². The molecule has 1 aliphatic rings. The lowest BCUT2D eigenvalue weighted by molar-refractivity contribution is -0.129. The van der Waals surface area contributed by atoms with Gasteiger partial charge in [0.2, 0.25) is 0 Å². The van der Waals surface area contributed by atoms with Crippen LogP contribution in [-0.2, 0) is 9.59 Å². The van der Waals surface area contributed by atoms with E-state index in [0.29, 0.717) is 13.1 Å². The number of rotatable bonds is 5. The zero-order valence-corrected chi connectivity index (χ0v) is 14.4. The normalized spacial score (nSPS) is 18.5. The molecule has 0 aromatic heterocycles. The summed E-state index contributed by atoms with van der Waals surface area (Å²) < 4.78 is 0.915. The molecule has 1 aromatic carbocycles. The van der Waals surface area contributed by atoms with Gasteiger partial charge in [0.15, 0.2) is 11.5 Å². The Labute approximate surface area is 138 Å². The van der Waals surface area contributed by atoms with Gasteiger partial charge in [-0.2, -0.15) is 0 Å². The van der Waals surface area contributed by atoms with Crippen LogP contribution in [0.3, 0.4) is 0 Å². The first-order chi connectivity index (χ1) is 10.3. The van der Waals surface area contributed by atoms with Crippen LogP contribution < -0.4 is 0 Å². The minimum Gasteiger partial charge on any atom is -0.503 e. The summed E-state index contributed by atoms with van der Waals surface area (Å²) in [7, 11) is 3.82. The van der Waals surface area contributed by atoms with E-state index in [1.165, 1.54) is 6.92 Å². The third-order valence-electron chi connectivity index (χ3n) is 3.66. The van der Waals surface area contributed by atoms with E-state index in [2.05, 4.69) is 15.9 Å². The van der Waals surface area contributed by atoms with Crippen molar-refractivity contribution in [2.45, 2.75) is 13.0 Å². The number of halogens is 1. The Morgan fingerprint density at radius 1 is 1.32 bits per heavy atom. The standard InChI is InChI=1S/C16H19BrN2O3/c1-10(20)13-14(11-4-6-12(17)7-5-11)19(9-8-18(2)3)16(22)15(13)21/h4-7,14,21H,8-9H2,1-3H3/t14-/m0/s1. The molecule has 0 radical (unpaired) electrons. The number of benzene rings is 1. The predicted octanol–water partition coefficient (Wildman–Crippen LogP) is 2.30. The van der Waals surface area contributed by atoms with Crippen LogP contribution in [0.25, 0.3) is 0 Å². The SMILES string of the molecule is CC(=O)C1=C(O)C(=O)N(CCN(C)C)[C@H]1c1ccc(Br)cc1. The number of amides is 1. The van der Waals surface area contributed by atoms with Gasteiger partial charge in [-0.05, 0) is 38.7 Å². The maximum Gasteiger partial charge on any atom is 0.290 e. The van der Waals surface area contributed by atoms with Gasteiger partial charge in [0.1, 0.15) is 0 Å². The molecule has 2 rings (SSSR count). The Morgan fingerprint density at radius 2 is 1.91 bits per heavy atom. The molecule has 0 aliphatic carbocycles. The molecule has 1 heterocycles. The van der Waals surface area contributed by atoms with Crippen molar-refractivity contribution in [3.05, 3.63) is 45.6 Å². The maximum atomic E-state index is 12.3. The van der Waals surface area contributed by atoms with Crippen LogP contribution in [0.15, 0.2) is 40.1 Å². The first-order valence-corrected chi connectivity index (χ1v) is 7.77. The van der Waals surface area contributed by atoms with Gasteiger partial charge >= 0.3 is 0 Å². The largest absolute Gasteiger partial charge is 0.503 e. The van der Waals surface area contributed by atoms with Crippen LogP contribution in [0.2, 0.25) is 0 Å². The fraction of sp³-hybridized carbons (Fsp3) is 0.375. The summed E-state index contributed by atoms with van der Waals surface area (Å²) in [5, 5.41) is 10.1. The lowest BCUT2D eigenvalue weighted by atomic mass is 9.97. The smallest absolute Gasteiger partial charge is 0.290 e. The first kappa shape index (κ1) is 16.7. The van der Waals surface area contributed by atoms with Gasteiger partial charge in [0.05, 0.1) is 11.6 Å².